The van der Waals surface area contributed by atoms with Gasteiger partial charge in [0, 0.05) is 102 Å². The first-order valence-corrected chi connectivity index (χ1v) is 37.2. The SMILES string of the molecule is CO[C@H]1C[C@H](CC[C@H](C)[C@@H](O)[C@H](C)[C@H]2OC(=O)C=CC(C)=CC(O)[C@H](O)C[C@@H]3C=CC[C@@H](C[C@H](OC)[C@H](C)[C@H](O)C[C@H](O)[C@H](C)[C@@H]([C@@H](C)[C@H](O)[C@@H](C)CC[C@H]4C[C@H](OC)C[C@H](C)O4)OC(=O)C=CC(C)=CC[C@H](O)C[C@@H]4C=CC[C@@H](C[C@H](OC)[C@H](C)[C@H](O)C[C@H](O)[C@@H]2C)O4)O3)O[C@@H](C)C1. The number of ether oxygens (including phenoxy) is 10. The molecule has 0 aliphatic carbocycles. The van der Waals surface area contributed by atoms with Crippen LogP contribution in [0.25, 0.3) is 0 Å². The third-order valence-electron chi connectivity index (χ3n) is 22.3. The van der Waals surface area contributed by atoms with E-state index in [1.807, 2.05) is 78.8 Å². The molecule has 0 saturated carbocycles. The fourth-order valence-corrected chi connectivity index (χ4v) is 15.4. The van der Waals surface area contributed by atoms with Gasteiger partial charge in [-0.2, -0.15) is 0 Å². The average molecular weight is 1410 g/mol. The summed E-state index contributed by atoms with van der Waals surface area (Å²) in [5.41, 5.74) is 1.12. The second-order valence-corrected chi connectivity index (χ2v) is 30.5. The molecule has 0 radical (unpaired) electrons. The Labute approximate surface area is 592 Å². The molecule has 2 fully saturated rings. The van der Waals surface area contributed by atoms with E-state index in [2.05, 4.69) is 0 Å². The van der Waals surface area contributed by atoms with Crippen LogP contribution in [0, 0.1) is 47.3 Å². The Morgan fingerprint density at radius 2 is 0.869 bits per heavy atom. The van der Waals surface area contributed by atoms with Crippen molar-refractivity contribution in [2.24, 2.45) is 47.3 Å². The normalized spacial score (nSPS) is 39.8. The summed E-state index contributed by atoms with van der Waals surface area (Å²) in [6, 6.07) is 0. The molecular formula is C78H132O21. The van der Waals surface area contributed by atoms with Crippen molar-refractivity contribution in [3.05, 3.63) is 71.9 Å². The molecule has 5 aliphatic rings. The van der Waals surface area contributed by atoms with Crippen LogP contribution < -0.4 is 0 Å². The predicted molar refractivity (Wildman–Crippen MR) is 379 cm³/mol. The van der Waals surface area contributed by atoms with Gasteiger partial charge in [0.2, 0.25) is 0 Å². The number of aliphatic hydroxyl groups excluding tert-OH is 9. The average Bonchev–Trinajstić information content (AvgIpc) is 0.895. The van der Waals surface area contributed by atoms with E-state index >= 15 is 0 Å². The Morgan fingerprint density at radius 1 is 0.465 bits per heavy atom. The minimum absolute atomic E-state index is 0.0219. The van der Waals surface area contributed by atoms with Gasteiger partial charge in [0.05, 0.1) is 128 Å². The van der Waals surface area contributed by atoms with Crippen molar-refractivity contribution in [2.45, 2.75) is 333 Å². The van der Waals surface area contributed by atoms with E-state index in [0.717, 1.165) is 25.7 Å². The number of hydrogen-bond donors (Lipinski definition) is 9. The summed E-state index contributed by atoms with van der Waals surface area (Å²) in [5.74, 6) is -5.84. The van der Waals surface area contributed by atoms with Crippen LogP contribution in [0.2, 0.25) is 0 Å². The van der Waals surface area contributed by atoms with Crippen LogP contribution in [0.5, 0.6) is 0 Å². The number of hydrogen-bond acceptors (Lipinski definition) is 21. The number of fused-ring (bicyclic) bond motifs is 4. The van der Waals surface area contributed by atoms with Gasteiger partial charge >= 0.3 is 11.9 Å². The topological polar surface area (TPSA) is 309 Å². The summed E-state index contributed by atoms with van der Waals surface area (Å²) < 4.78 is 61.2. The highest BCUT2D eigenvalue weighted by atomic mass is 16.6. The van der Waals surface area contributed by atoms with Gasteiger partial charge in [-0.3, -0.25) is 0 Å². The van der Waals surface area contributed by atoms with Crippen LogP contribution >= 0.6 is 0 Å². The van der Waals surface area contributed by atoms with Crippen LogP contribution in [0.4, 0.5) is 0 Å². The minimum atomic E-state index is -1.36. The standard InChI is InChI=1S/C78H132O21/c1-44-23-28-56(79)36-57-19-17-21-59(96-57)40-71(92-15)50(7)65(80)42-68(83)53(10)78(55(12)76(89)47(4)27-30-62-38-64(91-14)35-49(6)95-62)99-74(87)32-25-45(2)33-69(84)70(85)39-58-20-18-22-60(97-58)41-72(93-16)51(8)66(81)43-67(82)52(9)77(98-73(86)31-24-44)54(11)75(88)46(3)26-29-61-37-63(90-13)34-48(5)94-61/h17-20,23-25,31-33,46-72,75-85,88-89H,21-22,26-30,34-43H2,1-16H3/t46-,47-,48-,49-,50+,51+,52-,53-,54-,55-,56-,57-,58-,59-,60-,61-,62-,63+,64+,65+,66+,67-,68-,69?,70+,71-,72-,75+,76+,77-,78-/m0/s1. The first-order chi connectivity index (χ1) is 46.8. The van der Waals surface area contributed by atoms with Crippen LogP contribution in [-0.2, 0) is 57.0 Å². The highest BCUT2D eigenvalue weighted by Crippen LogP contribution is 2.37. The van der Waals surface area contributed by atoms with E-state index in [4.69, 9.17) is 47.4 Å². The molecule has 4 bridgehead atoms. The lowest BCUT2D eigenvalue weighted by Crippen LogP contribution is -2.45. The molecule has 2 saturated heterocycles. The molecule has 0 amide bonds. The summed E-state index contributed by atoms with van der Waals surface area (Å²) in [7, 11) is 6.52. The Kier molecular flexibility index (Phi) is 37.7. The monoisotopic (exact) mass is 1400 g/mol. The third kappa shape index (κ3) is 28.3. The van der Waals surface area contributed by atoms with Gasteiger partial charge in [0.1, 0.15) is 12.2 Å². The van der Waals surface area contributed by atoms with Crippen LogP contribution in [0.3, 0.4) is 0 Å². The van der Waals surface area contributed by atoms with E-state index in [0.29, 0.717) is 62.5 Å². The maximum absolute atomic E-state index is 13.9. The molecule has 0 aromatic heterocycles. The molecule has 0 spiro atoms. The molecule has 5 rings (SSSR count). The predicted octanol–water partition coefficient (Wildman–Crippen LogP) is 9.08. The summed E-state index contributed by atoms with van der Waals surface area (Å²) in [6.45, 7) is 22.2. The highest BCUT2D eigenvalue weighted by molar-refractivity contribution is 5.83. The first kappa shape index (κ1) is 86.3. The Morgan fingerprint density at radius 3 is 1.28 bits per heavy atom. The van der Waals surface area contributed by atoms with Gasteiger partial charge in [-0.15, -0.1) is 0 Å². The van der Waals surface area contributed by atoms with Crippen molar-refractivity contribution in [3.8, 4) is 0 Å². The van der Waals surface area contributed by atoms with E-state index in [-0.39, 0.29) is 86.7 Å². The second kappa shape index (κ2) is 43.2. The number of carbonyl (C=O) groups excluding carboxylic acids is 2. The van der Waals surface area contributed by atoms with Crippen LogP contribution in [-0.4, -0.2) is 227 Å². The van der Waals surface area contributed by atoms with E-state index in [9.17, 15) is 55.5 Å². The van der Waals surface area contributed by atoms with Gasteiger partial charge in [0.15, 0.2) is 0 Å². The molecule has 5 aliphatic heterocycles. The van der Waals surface area contributed by atoms with Gasteiger partial charge in [-0.1, -0.05) is 115 Å². The third-order valence-corrected chi connectivity index (χ3v) is 22.3. The van der Waals surface area contributed by atoms with E-state index < -0.39 is 145 Å². The zero-order valence-corrected chi connectivity index (χ0v) is 62.6. The number of rotatable bonds is 16. The quantitative estimate of drug-likeness (QED) is 0.0514. The zero-order chi connectivity index (χ0) is 73.4. The maximum Gasteiger partial charge on any atom is 0.331 e. The summed E-state index contributed by atoms with van der Waals surface area (Å²) in [4.78, 5) is 27.8. The number of allylic oxidation sites excluding steroid dienone is 4. The van der Waals surface area contributed by atoms with Crippen molar-refractivity contribution in [2.75, 3.05) is 28.4 Å². The molecule has 570 valence electrons. The summed E-state index contributed by atoms with van der Waals surface area (Å²) in [5, 5.41) is 106. The Bertz CT molecular complexity index is 2520. The number of carbonyl (C=O) groups is 2. The lowest BCUT2D eigenvalue weighted by molar-refractivity contribution is -0.158. The Balaban J connectivity index is 1.38. The van der Waals surface area contributed by atoms with Crippen LogP contribution in [0.15, 0.2) is 71.9 Å². The summed E-state index contributed by atoms with van der Waals surface area (Å²) in [6.07, 6.45) is 9.79. The maximum atomic E-state index is 13.9. The Hall–Kier alpha value is -3.30. The number of esters is 2. The molecule has 21 nitrogen and oxygen atoms in total. The molecular weight excluding hydrogens is 1270 g/mol. The van der Waals surface area contributed by atoms with Gasteiger partial charge in [-0.05, 0) is 123 Å². The molecule has 31 atom stereocenters. The minimum Gasteiger partial charge on any atom is -0.458 e. The number of methoxy groups -OCH3 is 4. The van der Waals surface area contributed by atoms with Gasteiger partial charge in [0.25, 0.3) is 0 Å². The molecule has 0 aromatic carbocycles. The fraction of sp³-hybridized carbons (Fsp3) is 0.821. The van der Waals surface area contributed by atoms with Crippen molar-refractivity contribution in [1.82, 2.24) is 0 Å². The largest absolute Gasteiger partial charge is 0.458 e. The molecule has 99 heavy (non-hydrogen) atoms. The van der Waals surface area contributed by atoms with E-state index in [1.165, 1.54) is 24.3 Å². The summed E-state index contributed by atoms with van der Waals surface area (Å²) >= 11 is 0. The van der Waals surface area contributed by atoms with Crippen molar-refractivity contribution >= 4 is 11.9 Å². The molecule has 5 heterocycles. The molecule has 9 N–H and O–H groups in total. The number of aliphatic hydroxyl groups is 9. The molecule has 1 unspecified atom stereocenters. The molecule has 0 aromatic rings. The smallest absolute Gasteiger partial charge is 0.331 e. The van der Waals surface area contributed by atoms with E-state index in [1.54, 1.807) is 69.1 Å². The fourth-order valence-electron chi connectivity index (χ4n) is 15.4. The van der Waals surface area contributed by atoms with Crippen molar-refractivity contribution in [1.29, 1.82) is 0 Å². The van der Waals surface area contributed by atoms with Crippen molar-refractivity contribution < 1.29 is 103 Å². The highest BCUT2D eigenvalue weighted by Gasteiger charge is 2.43. The first-order valence-electron chi connectivity index (χ1n) is 37.2. The van der Waals surface area contributed by atoms with Crippen LogP contribution in [0.1, 0.15) is 192 Å². The molecule has 21 heteroatoms. The lowest BCUT2D eigenvalue weighted by Gasteiger charge is -2.38. The van der Waals surface area contributed by atoms with Gasteiger partial charge < -0.3 is 93.3 Å². The number of cyclic esters (lactones) is 2. The van der Waals surface area contributed by atoms with Crippen molar-refractivity contribution in [3.63, 3.8) is 0 Å². The zero-order valence-electron chi connectivity index (χ0n) is 62.6. The second-order valence-electron chi connectivity index (χ2n) is 30.5. The van der Waals surface area contributed by atoms with Gasteiger partial charge in [-0.25, -0.2) is 9.59 Å². The lowest BCUT2D eigenvalue weighted by atomic mass is 9.78.